The average Bonchev–Trinajstić information content (AvgIpc) is 3.06. The SMILES string of the molecule is CC(C)NC(=O)C(C)Sc1nnc(-c2ccccc2)n1-c1ccc(F)cc1. The van der Waals surface area contributed by atoms with Gasteiger partial charge in [0.15, 0.2) is 11.0 Å². The van der Waals surface area contributed by atoms with Gasteiger partial charge in [-0.05, 0) is 45.0 Å². The van der Waals surface area contributed by atoms with Crippen molar-refractivity contribution in [1.82, 2.24) is 20.1 Å². The maximum absolute atomic E-state index is 13.4. The van der Waals surface area contributed by atoms with Crippen molar-refractivity contribution in [2.45, 2.75) is 37.2 Å². The predicted molar refractivity (Wildman–Crippen MR) is 105 cm³/mol. The summed E-state index contributed by atoms with van der Waals surface area (Å²) in [4.78, 5) is 12.3. The number of hydrogen-bond acceptors (Lipinski definition) is 4. The first kappa shape index (κ1) is 19.1. The molecule has 0 radical (unpaired) electrons. The van der Waals surface area contributed by atoms with Crippen molar-refractivity contribution in [3.8, 4) is 17.1 Å². The zero-order chi connectivity index (χ0) is 19.4. The second-order valence-corrected chi connectivity index (χ2v) is 7.72. The molecule has 0 aliphatic carbocycles. The van der Waals surface area contributed by atoms with Crippen LogP contribution in [0.2, 0.25) is 0 Å². The van der Waals surface area contributed by atoms with Gasteiger partial charge in [-0.3, -0.25) is 9.36 Å². The molecule has 3 aromatic rings. The Hall–Kier alpha value is -2.67. The molecule has 2 aromatic carbocycles. The summed E-state index contributed by atoms with van der Waals surface area (Å²) in [5.41, 5.74) is 1.62. The molecule has 5 nitrogen and oxygen atoms in total. The molecule has 0 saturated carbocycles. The van der Waals surface area contributed by atoms with Gasteiger partial charge in [-0.15, -0.1) is 10.2 Å². The molecule has 1 heterocycles. The zero-order valence-electron chi connectivity index (χ0n) is 15.4. The summed E-state index contributed by atoms with van der Waals surface area (Å²) < 4.78 is 15.2. The maximum atomic E-state index is 13.4. The number of benzene rings is 2. The Kier molecular flexibility index (Phi) is 5.91. The minimum Gasteiger partial charge on any atom is -0.353 e. The van der Waals surface area contributed by atoms with Gasteiger partial charge < -0.3 is 5.32 Å². The molecular weight excluding hydrogens is 363 g/mol. The summed E-state index contributed by atoms with van der Waals surface area (Å²) in [6.07, 6.45) is 0. The van der Waals surface area contributed by atoms with E-state index in [1.54, 1.807) is 12.1 Å². The number of hydrogen-bond donors (Lipinski definition) is 1. The van der Waals surface area contributed by atoms with E-state index in [0.29, 0.717) is 11.0 Å². The fourth-order valence-corrected chi connectivity index (χ4v) is 3.43. The average molecular weight is 384 g/mol. The molecule has 7 heteroatoms. The normalized spacial score (nSPS) is 12.2. The van der Waals surface area contributed by atoms with Crippen molar-refractivity contribution < 1.29 is 9.18 Å². The third kappa shape index (κ3) is 4.54. The molecule has 0 spiro atoms. The van der Waals surface area contributed by atoms with Crippen molar-refractivity contribution in [2.24, 2.45) is 0 Å². The lowest BCUT2D eigenvalue weighted by Crippen LogP contribution is -2.36. The maximum Gasteiger partial charge on any atom is 0.233 e. The van der Waals surface area contributed by atoms with Crippen molar-refractivity contribution in [2.75, 3.05) is 0 Å². The number of thioether (sulfide) groups is 1. The summed E-state index contributed by atoms with van der Waals surface area (Å²) in [6, 6.07) is 15.9. The molecular formula is C20H21FN4OS. The highest BCUT2D eigenvalue weighted by molar-refractivity contribution is 8.00. The summed E-state index contributed by atoms with van der Waals surface area (Å²) >= 11 is 1.32. The zero-order valence-corrected chi connectivity index (χ0v) is 16.2. The van der Waals surface area contributed by atoms with Crippen LogP contribution in [0.4, 0.5) is 4.39 Å². The van der Waals surface area contributed by atoms with Crippen molar-refractivity contribution in [3.05, 3.63) is 60.4 Å². The van der Waals surface area contributed by atoms with Gasteiger partial charge in [-0.2, -0.15) is 0 Å². The van der Waals surface area contributed by atoms with Crippen LogP contribution in [0.5, 0.6) is 0 Å². The number of carbonyl (C=O) groups excluding carboxylic acids is 1. The van der Waals surface area contributed by atoms with Gasteiger partial charge in [0.25, 0.3) is 0 Å². The number of halogens is 1. The third-order valence-corrected chi connectivity index (χ3v) is 4.88. The Bertz CT molecular complexity index is 909. The molecule has 1 unspecified atom stereocenters. The van der Waals surface area contributed by atoms with E-state index < -0.39 is 0 Å². The van der Waals surface area contributed by atoms with E-state index in [0.717, 1.165) is 11.3 Å². The first-order valence-corrected chi connectivity index (χ1v) is 9.57. The van der Waals surface area contributed by atoms with Gasteiger partial charge in [0.2, 0.25) is 5.91 Å². The summed E-state index contributed by atoms with van der Waals surface area (Å²) in [7, 11) is 0. The van der Waals surface area contributed by atoms with Gasteiger partial charge in [-0.25, -0.2) is 4.39 Å². The van der Waals surface area contributed by atoms with Crippen molar-refractivity contribution in [1.29, 1.82) is 0 Å². The molecule has 0 aliphatic rings. The number of rotatable bonds is 6. The lowest BCUT2D eigenvalue weighted by molar-refractivity contribution is -0.120. The molecule has 1 atom stereocenters. The van der Waals surface area contributed by atoms with Gasteiger partial charge in [0, 0.05) is 17.3 Å². The molecule has 27 heavy (non-hydrogen) atoms. The molecule has 3 rings (SSSR count). The van der Waals surface area contributed by atoms with Gasteiger partial charge in [0.1, 0.15) is 5.82 Å². The van der Waals surface area contributed by atoms with Gasteiger partial charge in [0.05, 0.1) is 5.25 Å². The van der Waals surface area contributed by atoms with E-state index in [4.69, 9.17) is 0 Å². The lowest BCUT2D eigenvalue weighted by Gasteiger charge is -2.15. The fraction of sp³-hybridized carbons (Fsp3) is 0.250. The molecule has 1 amide bonds. The van der Waals surface area contributed by atoms with Crippen LogP contribution < -0.4 is 5.32 Å². The van der Waals surface area contributed by atoms with E-state index in [-0.39, 0.29) is 23.0 Å². The minimum absolute atomic E-state index is 0.0649. The quantitative estimate of drug-likeness (QED) is 0.651. The van der Waals surface area contributed by atoms with Crippen LogP contribution >= 0.6 is 11.8 Å². The Morgan fingerprint density at radius 3 is 2.33 bits per heavy atom. The fourth-order valence-electron chi connectivity index (χ4n) is 2.56. The highest BCUT2D eigenvalue weighted by Gasteiger charge is 2.22. The first-order valence-electron chi connectivity index (χ1n) is 8.69. The number of carbonyl (C=O) groups is 1. The van der Waals surface area contributed by atoms with E-state index in [1.165, 1.54) is 23.9 Å². The van der Waals surface area contributed by atoms with E-state index >= 15 is 0 Å². The molecule has 0 saturated heterocycles. The van der Waals surface area contributed by atoms with Crippen molar-refractivity contribution in [3.63, 3.8) is 0 Å². The topological polar surface area (TPSA) is 59.8 Å². The van der Waals surface area contributed by atoms with Gasteiger partial charge >= 0.3 is 0 Å². The monoisotopic (exact) mass is 384 g/mol. The largest absolute Gasteiger partial charge is 0.353 e. The first-order chi connectivity index (χ1) is 13.0. The summed E-state index contributed by atoms with van der Waals surface area (Å²) in [6.45, 7) is 5.67. The Labute approximate surface area is 162 Å². The molecule has 0 aliphatic heterocycles. The standard InChI is InChI=1S/C20H21FN4OS/c1-13(2)22-19(26)14(3)27-20-24-23-18(15-7-5-4-6-8-15)25(20)17-11-9-16(21)10-12-17/h4-14H,1-3H3,(H,22,26). The molecule has 1 aromatic heterocycles. The third-order valence-electron chi connectivity index (χ3n) is 3.83. The van der Waals surface area contributed by atoms with Crippen LogP contribution in [0.3, 0.4) is 0 Å². The molecule has 0 fully saturated rings. The van der Waals surface area contributed by atoms with Crippen LogP contribution in [0.1, 0.15) is 20.8 Å². The summed E-state index contributed by atoms with van der Waals surface area (Å²) in [5, 5.41) is 11.7. The molecule has 140 valence electrons. The number of nitrogens with zero attached hydrogens (tertiary/aromatic N) is 3. The Morgan fingerprint density at radius 2 is 1.70 bits per heavy atom. The number of aromatic nitrogens is 3. The Balaban J connectivity index is 2.00. The highest BCUT2D eigenvalue weighted by Crippen LogP contribution is 2.30. The van der Waals surface area contributed by atoms with Crippen LogP contribution in [-0.2, 0) is 4.79 Å². The van der Waals surface area contributed by atoms with Crippen LogP contribution in [0.15, 0.2) is 59.8 Å². The van der Waals surface area contributed by atoms with Crippen molar-refractivity contribution >= 4 is 17.7 Å². The lowest BCUT2D eigenvalue weighted by atomic mass is 10.2. The number of amides is 1. The smallest absolute Gasteiger partial charge is 0.233 e. The minimum atomic E-state index is -0.348. The van der Waals surface area contributed by atoms with E-state index in [9.17, 15) is 9.18 Å². The Morgan fingerprint density at radius 1 is 1.04 bits per heavy atom. The molecule has 1 N–H and O–H groups in total. The second-order valence-electron chi connectivity index (χ2n) is 6.41. The number of nitrogens with one attached hydrogen (secondary N) is 1. The predicted octanol–water partition coefficient (Wildman–Crippen LogP) is 4.08. The van der Waals surface area contributed by atoms with Crippen LogP contribution in [0.25, 0.3) is 17.1 Å². The van der Waals surface area contributed by atoms with Gasteiger partial charge in [-0.1, -0.05) is 42.1 Å². The summed E-state index contributed by atoms with van der Waals surface area (Å²) in [5.74, 6) is 0.262. The van der Waals surface area contributed by atoms with Crippen LogP contribution in [0, 0.1) is 5.82 Å². The second kappa shape index (κ2) is 8.35. The van der Waals surface area contributed by atoms with E-state index in [1.807, 2.05) is 55.7 Å². The van der Waals surface area contributed by atoms with Crippen LogP contribution in [-0.4, -0.2) is 32.0 Å². The van der Waals surface area contributed by atoms with E-state index in [2.05, 4.69) is 15.5 Å². The highest BCUT2D eigenvalue weighted by atomic mass is 32.2. The molecule has 0 bridgehead atoms.